The Morgan fingerprint density at radius 3 is 2.79 bits per heavy atom. The van der Waals surface area contributed by atoms with Gasteiger partial charge in [-0.25, -0.2) is 4.98 Å². The van der Waals surface area contributed by atoms with E-state index in [9.17, 15) is 5.11 Å². The molecule has 0 fully saturated rings. The molecule has 0 saturated heterocycles. The van der Waals surface area contributed by atoms with E-state index in [1.165, 1.54) is 0 Å². The summed E-state index contributed by atoms with van der Waals surface area (Å²) in [5, 5.41) is 10.1. The molecule has 0 aliphatic heterocycles. The van der Waals surface area contributed by atoms with Gasteiger partial charge in [0, 0.05) is 25.4 Å². The minimum atomic E-state index is -0.365. The number of aryl methyl sites for hydroxylation is 2. The van der Waals surface area contributed by atoms with E-state index >= 15 is 0 Å². The van der Waals surface area contributed by atoms with Gasteiger partial charge in [0.1, 0.15) is 5.82 Å². The molecule has 0 aliphatic rings. The van der Waals surface area contributed by atoms with Gasteiger partial charge in [-0.15, -0.1) is 0 Å². The summed E-state index contributed by atoms with van der Waals surface area (Å²) in [5.74, 6) is 1.13. The van der Waals surface area contributed by atoms with E-state index in [1.807, 2.05) is 42.7 Å². The number of aromatic nitrogens is 2. The summed E-state index contributed by atoms with van der Waals surface area (Å²) < 4.78 is 2.20. The van der Waals surface area contributed by atoms with Gasteiger partial charge in [-0.3, -0.25) is 0 Å². The Labute approximate surface area is 114 Å². The molecule has 0 bridgehead atoms. The molecule has 1 atom stereocenters. The summed E-state index contributed by atoms with van der Waals surface area (Å²) in [5.41, 5.74) is 0.999. The summed E-state index contributed by atoms with van der Waals surface area (Å²) in [6.45, 7) is 3.19. The van der Waals surface area contributed by atoms with Crippen LogP contribution in [0.3, 0.4) is 0 Å². The van der Waals surface area contributed by atoms with Crippen molar-refractivity contribution in [3.63, 3.8) is 0 Å². The van der Waals surface area contributed by atoms with Crippen LogP contribution in [0.1, 0.15) is 43.7 Å². The van der Waals surface area contributed by atoms with Gasteiger partial charge in [0.15, 0.2) is 0 Å². The highest BCUT2D eigenvalue weighted by Crippen LogP contribution is 2.18. The Kier molecular flexibility index (Phi) is 5.16. The van der Waals surface area contributed by atoms with Crippen LogP contribution in [0.15, 0.2) is 42.7 Å². The third-order valence-electron chi connectivity index (χ3n) is 3.33. The van der Waals surface area contributed by atoms with Crippen LogP contribution in [0.5, 0.6) is 0 Å². The average Bonchev–Trinajstić information content (AvgIpc) is 2.88. The van der Waals surface area contributed by atoms with Crippen LogP contribution in [0, 0.1) is 0 Å². The Hall–Kier alpha value is -1.61. The van der Waals surface area contributed by atoms with Crippen molar-refractivity contribution in [1.82, 2.24) is 9.55 Å². The Morgan fingerprint density at radius 2 is 2.05 bits per heavy atom. The predicted molar refractivity (Wildman–Crippen MR) is 76.9 cm³/mol. The lowest BCUT2D eigenvalue weighted by Gasteiger charge is -2.11. The van der Waals surface area contributed by atoms with Crippen LogP contribution in [-0.2, 0) is 13.0 Å². The average molecular weight is 258 g/mol. The lowest BCUT2D eigenvalue weighted by Crippen LogP contribution is -2.04. The van der Waals surface area contributed by atoms with E-state index in [4.69, 9.17) is 0 Å². The molecule has 0 radical (unpaired) electrons. The maximum Gasteiger partial charge on any atom is 0.108 e. The van der Waals surface area contributed by atoms with Gasteiger partial charge in [-0.1, -0.05) is 37.3 Å². The van der Waals surface area contributed by atoms with Crippen molar-refractivity contribution in [2.75, 3.05) is 0 Å². The fourth-order valence-corrected chi connectivity index (χ4v) is 2.31. The number of hydrogen-bond donors (Lipinski definition) is 1. The number of aliphatic hydroxyl groups is 1. The molecule has 0 amide bonds. The van der Waals surface area contributed by atoms with Crippen LogP contribution >= 0.6 is 0 Å². The van der Waals surface area contributed by atoms with Crippen molar-refractivity contribution in [3.8, 4) is 0 Å². The minimum Gasteiger partial charge on any atom is -0.388 e. The Balaban J connectivity index is 1.81. The zero-order valence-corrected chi connectivity index (χ0v) is 11.5. The molecule has 3 heteroatoms. The molecule has 1 aromatic carbocycles. The summed E-state index contributed by atoms with van der Waals surface area (Å²) >= 11 is 0. The summed E-state index contributed by atoms with van der Waals surface area (Å²) in [6, 6.07) is 9.85. The Morgan fingerprint density at radius 1 is 1.26 bits per heavy atom. The molecule has 0 saturated carbocycles. The molecule has 102 valence electrons. The number of rotatable bonds is 7. The van der Waals surface area contributed by atoms with E-state index < -0.39 is 0 Å². The standard InChI is InChI=1S/C16H22N2O/c1-2-12-18-13-11-17-16(18)10-6-9-15(19)14-7-4-3-5-8-14/h3-5,7-8,11,13,15,19H,2,6,9-10,12H2,1H3. The first-order valence-corrected chi connectivity index (χ1v) is 7.04. The monoisotopic (exact) mass is 258 g/mol. The predicted octanol–water partition coefficient (Wildman–Crippen LogP) is 3.35. The fraction of sp³-hybridized carbons (Fsp3) is 0.438. The van der Waals surface area contributed by atoms with Crippen molar-refractivity contribution in [2.24, 2.45) is 0 Å². The minimum absolute atomic E-state index is 0.365. The van der Waals surface area contributed by atoms with Crippen molar-refractivity contribution >= 4 is 0 Å². The van der Waals surface area contributed by atoms with E-state index in [1.54, 1.807) is 0 Å². The normalized spacial score (nSPS) is 12.5. The lowest BCUT2D eigenvalue weighted by molar-refractivity contribution is 0.164. The van der Waals surface area contributed by atoms with Gasteiger partial charge in [0.25, 0.3) is 0 Å². The third-order valence-corrected chi connectivity index (χ3v) is 3.33. The zero-order valence-electron chi connectivity index (χ0n) is 11.5. The number of hydrogen-bond acceptors (Lipinski definition) is 2. The van der Waals surface area contributed by atoms with Crippen LogP contribution in [-0.4, -0.2) is 14.7 Å². The van der Waals surface area contributed by atoms with Crippen molar-refractivity contribution in [1.29, 1.82) is 0 Å². The van der Waals surface area contributed by atoms with Crippen molar-refractivity contribution < 1.29 is 5.11 Å². The summed E-state index contributed by atoms with van der Waals surface area (Å²) in [4.78, 5) is 4.39. The second-order valence-electron chi connectivity index (χ2n) is 4.86. The van der Waals surface area contributed by atoms with Gasteiger partial charge in [0.2, 0.25) is 0 Å². The maximum absolute atomic E-state index is 10.1. The molecule has 19 heavy (non-hydrogen) atoms. The molecule has 0 aliphatic carbocycles. The topological polar surface area (TPSA) is 38.0 Å². The molecular formula is C16H22N2O. The van der Waals surface area contributed by atoms with Gasteiger partial charge >= 0.3 is 0 Å². The molecule has 1 aromatic heterocycles. The van der Waals surface area contributed by atoms with Crippen LogP contribution in [0.4, 0.5) is 0 Å². The molecule has 2 rings (SSSR count). The second-order valence-corrected chi connectivity index (χ2v) is 4.86. The second kappa shape index (κ2) is 7.10. The van der Waals surface area contributed by atoms with Gasteiger partial charge in [-0.2, -0.15) is 0 Å². The van der Waals surface area contributed by atoms with Gasteiger partial charge in [0.05, 0.1) is 6.10 Å². The highest BCUT2D eigenvalue weighted by molar-refractivity contribution is 5.17. The van der Waals surface area contributed by atoms with Gasteiger partial charge in [-0.05, 0) is 24.8 Å². The first-order valence-electron chi connectivity index (χ1n) is 7.04. The van der Waals surface area contributed by atoms with Crippen molar-refractivity contribution in [3.05, 3.63) is 54.1 Å². The first kappa shape index (κ1) is 13.8. The SMILES string of the molecule is CCCn1ccnc1CCCC(O)c1ccccc1. The molecular weight excluding hydrogens is 236 g/mol. The lowest BCUT2D eigenvalue weighted by atomic mass is 10.0. The highest BCUT2D eigenvalue weighted by Gasteiger charge is 2.08. The molecule has 3 nitrogen and oxygen atoms in total. The zero-order chi connectivity index (χ0) is 13.5. The van der Waals surface area contributed by atoms with Crippen molar-refractivity contribution in [2.45, 2.75) is 45.3 Å². The number of nitrogens with zero attached hydrogens (tertiary/aromatic N) is 2. The first-order chi connectivity index (χ1) is 9.31. The summed E-state index contributed by atoms with van der Waals surface area (Å²) in [7, 11) is 0. The number of imidazole rings is 1. The Bertz CT molecular complexity index is 479. The smallest absolute Gasteiger partial charge is 0.108 e. The molecule has 1 unspecified atom stereocenters. The largest absolute Gasteiger partial charge is 0.388 e. The quantitative estimate of drug-likeness (QED) is 0.827. The molecule has 1 N–H and O–H groups in total. The fourth-order valence-electron chi connectivity index (χ4n) is 2.31. The van der Waals surface area contributed by atoms with E-state index in [2.05, 4.69) is 16.5 Å². The number of benzene rings is 1. The van der Waals surface area contributed by atoms with E-state index in [0.29, 0.717) is 0 Å². The maximum atomic E-state index is 10.1. The molecule has 0 spiro atoms. The van der Waals surface area contributed by atoms with Crippen LogP contribution < -0.4 is 0 Å². The van der Waals surface area contributed by atoms with Gasteiger partial charge < -0.3 is 9.67 Å². The highest BCUT2D eigenvalue weighted by atomic mass is 16.3. The summed E-state index contributed by atoms with van der Waals surface area (Å²) in [6.07, 6.45) is 7.31. The third kappa shape index (κ3) is 3.93. The van der Waals surface area contributed by atoms with E-state index in [-0.39, 0.29) is 6.10 Å². The molecule has 2 aromatic rings. The number of aliphatic hydroxyl groups excluding tert-OH is 1. The van der Waals surface area contributed by atoms with E-state index in [0.717, 1.165) is 43.6 Å². The van der Waals surface area contributed by atoms with Crippen LogP contribution in [0.25, 0.3) is 0 Å². The molecule has 1 heterocycles. The van der Waals surface area contributed by atoms with Crippen LogP contribution in [0.2, 0.25) is 0 Å².